The summed E-state index contributed by atoms with van der Waals surface area (Å²) in [4.78, 5) is 8.00. The molecule has 2 rings (SSSR count). The Bertz CT molecular complexity index is 611. The number of rotatable bonds is 4. The lowest BCUT2D eigenvalue weighted by Gasteiger charge is -2.15. The minimum Gasteiger partial charge on any atom is -0.497 e. The Labute approximate surface area is 119 Å². The first-order valence-electron chi connectivity index (χ1n) is 6.55. The van der Waals surface area contributed by atoms with Crippen molar-refractivity contribution in [3.63, 3.8) is 0 Å². The molecule has 0 aliphatic rings. The van der Waals surface area contributed by atoms with Crippen molar-refractivity contribution in [2.75, 3.05) is 18.6 Å². The average Bonchev–Trinajstić information content (AvgIpc) is 2.42. The average molecular weight is 272 g/mol. The number of hydrogen-bond acceptors (Lipinski definition) is 5. The maximum atomic E-state index is 5.90. The van der Waals surface area contributed by atoms with Gasteiger partial charge in [-0.15, -0.1) is 0 Å². The molecule has 0 saturated heterocycles. The lowest BCUT2D eigenvalue weighted by atomic mass is 9.93. The van der Waals surface area contributed by atoms with Gasteiger partial charge in [0.2, 0.25) is 5.95 Å². The minimum absolute atomic E-state index is 0.199. The van der Waals surface area contributed by atoms with E-state index in [-0.39, 0.29) is 5.95 Å². The molecule has 0 atom stereocenters. The zero-order chi connectivity index (χ0) is 14.7. The van der Waals surface area contributed by atoms with Crippen LogP contribution in [0.1, 0.15) is 36.5 Å². The molecule has 4 N–H and O–H groups in total. The van der Waals surface area contributed by atoms with Gasteiger partial charge >= 0.3 is 0 Å². The quantitative estimate of drug-likeness (QED) is 0.892. The molecule has 0 radical (unpaired) electrons. The topological polar surface area (TPSA) is 87.0 Å². The lowest BCUT2D eigenvalue weighted by Crippen LogP contribution is -2.05. The molecule has 0 spiro atoms. The predicted molar refractivity (Wildman–Crippen MR) is 80.7 cm³/mol. The Balaban J connectivity index is 2.37. The molecule has 1 aromatic heterocycles. The van der Waals surface area contributed by atoms with Gasteiger partial charge < -0.3 is 16.2 Å². The summed E-state index contributed by atoms with van der Waals surface area (Å²) in [6, 6.07) is 6.08. The summed E-state index contributed by atoms with van der Waals surface area (Å²) in [5, 5.41) is 0. The summed E-state index contributed by atoms with van der Waals surface area (Å²) in [7, 11) is 1.67. The molecule has 1 aromatic carbocycles. The van der Waals surface area contributed by atoms with Crippen molar-refractivity contribution >= 4 is 11.8 Å². The molecule has 0 aliphatic heterocycles. The molecule has 0 unspecified atom stereocenters. The number of hydrogen-bond donors (Lipinski definition) is 2. The van der Waals surface area contributed by atoms with Crippen LogP contribution in [0.3, 0.4) is 0 Å². The Hall–Kier alpha value is -2.30. The van der Waals surface area contributed by atoms with E-state index in [1.54, 1.807) is 13.3 Å². The molecule has 0 fully saturated rings. The molecule has 5 heteroatoms. The molecular formula is C15H20N4O. The van der Waals surface area contributed by atoms with Gasteiger partial charge in [-0.25, -0.2) is 4.98 Å². The number of nitrogens with two attached hydrogens (primary N) is 2. The highest BCUT2D eigenvalue weighted by atomic mass is 16.5. The Morgan fingerprint density at radius 2 is 1.95 bits per heavy atom. The highest BCUT2D eigenvalue weighted by Crippen LogP contribution is 2.27. The summed E-state index contributed by atoms with van der Waals surface area (Å²) < 4.78 is 5.28. The van der Waals surface area contributed by atoms with Gasteiger partial charge in [-0.05, 0) is 29.2 Å². The Kier molecular flexibility index (Phi) is 4.08. The van der Waals surface area contributed by atoms with Crippen LogP contribution in [-0.4, -0.2) is 17.1 Å². The maximum Gasteiger partial charge on any atom is 0.221 e. The van der Waals surface area contributed by atoms with E-state index in [4.69, 9.17) is 16.2 Å². The van der Waals surface area contributed by atoms with Crippen LogP contribution in [0, 0.1) is 0 Å². The largest absolute Gasteiger partial charge is 0.497 e. The predicted octanol–water partition coefficient (Wildman–Crippen LogP) is 2.36. The fourth-order valence-electron chi connectivity index (χ4n) is 2.17. The highest BCUT2D eigenvalue weighted by molar-refractivity contribution is 5.47. The van der Waals surface area contributed by atoms with Crippen molar-refractivity contribution in [2.24, 2.45) is 0 Å². The molecule has 5 nitrogen and oxygen atoms in total. The van der Waals surface area contributed by atoms with Crippen LogP contribution < -0.4 is 16.2 Å². The molecular weight excluding hydrogens is 252 g/mol. The minimum atomic E-state index is 0.199. The Morgan fingerprint density at radius 1 is 1.20 bits per heavy atom. The third-order valence-electron chi connectivity index (χ3n) is 3.27. The lowest BCUT2D eigenvalue weighted by molar-refractivity contribution is 0.414. The second-order valence-corrected chi connectivity index (χ2v) is 5.03. The third-order valence-corrected chi connectivity index (χ3v) is 3.27. The molecule has 0 amide bonds. The number of aromatic nitrogens is 2. The van der Waals surface area contributed by atoms with Gasteiger partial charge in [0.05, 0.1) is 7.11 Å². The van der Waals surface area contributed by atoms with E-state index in [0.717, 1.165) is 11.3 Å². The van der Waals surface area contributed by atoms with E-state index < -0.39 is 0 Å². The van der Waals surface area contributed by atoms with Crippen LogP contribution >= 0.6 is 0 Å². The van der Waals surface area contributed by atoms with Crippen molar-refractivity contribution in [3.8, 4) is 5.75 Å². The van der Waals surface area contributed by atoms with Crippen LogP contribution in [0.2, 0.25) is 0 Å². The van der Waals surface area contributed by atoms with Gasteiger partial charge in [0.15, 0.2) is 0 Å². The molecule has 0 bridgehead atoms. The van der Waals surface area contributed by atoms with Crippen LogP contribution in [0.5, 0.6) is 5.75 Å². The van der Waals surface area contributed by atoms with Crippen molar-refractivity contribution in [3.05, 3.63) is 41.1 Å². The van der Waals surface area contributed by atoms with Crippen molar-refractivity contribution in [1.29, 1.82) is 0 Å². The fourth-order valence-corrected chi connectivity index (χ4v) is 2.17. The van der Waals surface area contributed by atoms with E-state index in [9.17, 15) is 0 Å². The van der Waals surface area contributed by atoms with Gasteiger partial charge in [0.25, 0.3) is 0 Å². The monoisotopic (exact) mass is 272 g/mol. The second kappa shape index (κ2) is 5.77. The summed E-state index contributed by atoms with van der Waals surface area (Å²) in [6.07, 6.45) is 2.37. The summed E-state index contributed by atoms with van der Waals surface area (Å²) >= 11 is 0. The number of methoxy groups -OCH3 is 1. The smallest absolute Gasteiger partial charge is 0.221 e. The van der Waals surface area contributed by atoms with E-state index in [2.05, 4.69) is 35.9 Å². The first-order chi connectivity index (χ1) is 9.51. The van der Waals surface area contributed by atoms with Gasteiger partial charge in [-0.3, -0.25) is 0 Å². The van der Waals surface area contributed by atoms with E-state index >= 15 is 0 Å². The second-order valence-electron chi connectivity index (χ2n) is 5.03. The molecule has 1 heterocycles. The van der Waals surface area contributed by atoms with E-state index in [0.29, 0.717) is 18.2 Å². The van der Waals surface area contributed by atoms with Crippen molar-refractivity contribution in [2.45, 2.75) is 26.2 Å². The van der Waals surface area contributed by atoms with Crippen molar-refractivity contribution in [1.82, 2.24) is 9.97 Å². The van der Waals surface area contributed by atoms with Gasteiger partial charge in [-0.1, -0.05) is 19.9 Å². The van der Waals surface area contributed by atoms with Gasteiger partial charge in [0, 0.05) is 18.2 Å². The fraction of sp³-hybridized carbons (Fsp3) is 0.333. The zero-order valence-electron chi connectivity index (χ0n) is 12.1. The number of ether oxygens (including phenoxy) is 1. The zero-order valence-corrected chi connectivity index (χ0v) is 12.1. The normalized spacial score (nSPS) is 10.8. The molecule has 2 aromatic rings. The summed E-state index contributed by atoms with van der Waals surface area (Å²) in [5.41, 5.74) is 14.7. The number of benzene rings is 1. The van der Waals surface area contributed by atoms with Crippen LogP contribution in [0.25, 0.3) is 0 Å². The van der Waals surface area contributed by atoms with E-state index in [1.807, 2.05) is 6.07 Å². The first kappa shape index (κ1) is 14.1. The number of nitrogen functional groups attached to an aromatic ring is 2. The first-order valence-corrected chi connectivity index (χ1v) is 6.55. The molecule has 106 valence electrons. The number of nitrogens with zero attached hydrogens (tertiary/aromatic N) is 2. The van der Waals surface area contributed by atoms with Crippen LogP contribution in [-0.2, 0) is 6.42 Å². The summed E-state index contributed by atoms with van der Waals surface area (Å²) in [5.74, 6) is 1.89. The Morgan fingerprint density at radius 3 is 2.55 bits per heavy atom. The van der Waals surface area contributed by atoms with Gasteiger partial charge in [0.1, 0.15) is 11.6 Å². The molecule has 20 heavy (non-hydrogen) atoms. The van der Waals surface area contributed by atoms with Crippen LogP contribution in [0.4, 0.5) is 11.8 Å². The van der Waals surface area contributed by atoms with Gasteiger partial charge in [-0.2, -0.15) is 4.98 Å². The van der Waals surface area contributed by atoms with Crippen LogP contribution in [0.15, 0.2) is 24.4 Å². The highest BCUT2D eigenvalue weighted by Gasteiger charge is 2.11. The molecule has 0 saturated carbocycles. The SMILES string of the molecule is COc1ccc(Cc2cnc(N)nc2N)c(C(C)C)c1. The summed E-state index contributed by atoms with van der Waals surface area (Å²) in [6.45, 7) is 4.31. The van der Waals surface area contributed by atoms with Crippen molar-refractivity contribution < 1.29 is 4.74 Å². The maximum absolute atomic E-state index is 5.90. The van der Waals surface area contributed by atoms with E-state index in [1.165, 1.54) is 11.1 Å². The number of anilines is 2. The standard InChI is InChI=1S/C15H20N4O/c1-9(2)13-7-12(20-3)5-4-10(13)6-11-8-18-15(17)19-14(11)16/h4-5,7-9H,6H2,1-3H3,(H4,16,17,18,19). The molecule has 0 aliphatic carbocycles. The third kappa shape index (κ3) is 2.99.